The van der Waals surface area contributed by atoms with E-state index >= 15 is 0 Å². The van der Waals surface area contributed by atoms with E-state index < -0.39 is 198 Å². The van der Waals surface area contributed by atoms with Crippen LogP contribution in [0.3, 0.4) is 0 Å². The molecule has 30 nitrogen and oxygen atoms in total. The summed E-state index contributed by atoms with van der Waals surface area (Å²) in [6.07, 6.45) is -16.1. The molecule has 3 fully saturated rings. The van der Waals surface area contributed by atoms with Gasteiger partial charge >= 0.3 is 10.4 Å². The van der Waals surface area contributed by atoms with Gasteiger partial charge in [-0.2, -0.15) is 8.42 Å². The van der Waals surface area contributed by atoms with Crippen molar-refractivity contribution in [2.75, 3.05) is 19.7 Å². The van der Waals surface area contributed by atoms with Gasteiger partial charge < -0.3 is 97.0 Å². The number of aliphatic hydroxyl groups is 8. The normalized spacial score (nSPS) is 27.6. The summed E-state index contributed by atoms with van der Waals surface area (Å²) in [6, 6.07) is -1.23. The summed E-state index contributed by atoms with van der Waals surface area (Å²) >= 11 is 0. The number of rotatable bonds is 17. The highest BCUT2D eigenvalue weighted by molar-refractivity contribution is 7.81. The highest BCUT2D eigenvalue weighted by atomic mass is 32.3. The topological polar surface area (TPSA) is 484 Å². The molecule has 0 radical (unpaired) electrons. The largest absolute Gasteiger partial charge is 0.504 e. The maximum Gasteiger partial charge on any atom is 0.446 e. The molecule has 0 aliphatic carbocycles. The number of nitrogens with one attached hydrogen (secondary N) is 5. The van der Waals surface area contributed by atoms with E-state index in [1.807, 2.05) is 10.6 Å². The lowest BCUT2D eigenvalue weighted by Gasteiger charge is -2.34. The summed E-state index contributed by atoms with van der Waals surface area (Å²) in [5.74, 6) is -13.2. The van der Waals surface area contributed by atoms with Crippen LogP contribution in [0, 0.1) is 5.92 Å². The van der Waals surface area contributed by atoms with E-state index in [4.69, 9.17) is 10.5 Å². The van der Waals surface area contributed by atoms with Gasteiger partial charge in [-0.25, -0.2) is 0 Å². The van der Waals surface area contributed by atoms with Crippen molar-refractivity contribution in [2.24, 2.45) is 11.7 Å². The summed E-state index contributed by atoms with van der Waals surface area (Å²) < 4.78 is 42.5. The minimum Gasteiger partial charge on any atom is -0.504 e. The zero-order chi connectivity index (χ0) is 61.4. The number of nitrogens with zero attached hydrogens (tertiary/aromatic N) is 2. The maximum absolute atomic E-state index is 14.6. The monoisotopic (exact) mass is 1190 g/mol. The first-order chi connectivity index (χ1) is 39.0. The van der Waals surface area contributed by atoms with Crippen molar-refractivity contribution in [1.29, 1.82) is 0 Å². The number of amides is 8. The minimum absolute atomic E-state index is 0.0384. The fraction of sp³-hybridized carbons (Fsp3) is 0.538. The molecule has 3 saturated heterocycles. The number of aliphatic hydroxyl groups excluding tert-OH is 8. The number of unbranched alkanes of at least 4 members (excludes halogenated alkanes) is 3. The van der Waals surface area contributed by atoms with Gasteiger partial charge in [0, 0.05) is 37.4 Å². The Kier molecular flexibility index (Phi) is 21.7. The number of carbonyl (C=O) groups is 8. The molecule has 0 saturated carbocycles. The lowest BCUT2D eigenvalue weighted by Crippen LogP contribution is -2.64. The van der Waals surface area contributed by atoms with Crippen molar-refractivity contribution in [3.8, 4) is 17.2 Å². The molecule has 6 rings (SSSR count). The second-order valence-electron chi connectivity index (χ2n) is 20.8. The number of ether oxygens (including phenoxy) is 1. The summed E-state index contributed by atoms with van der Waals surface area (Å²) in [5.41, 5.74) is 4.71. The number of phenolic OH excluding ortho intramolecular Hbond substituents is 1. The SMILES string of the molecule is CCCCCCOc1ccc2cc(C(=O)N[C@@H]3C[C@@H](O)[C@@H](O)NC(=O)[C@@H]4[C@@H](O)[C@@H](C)CN4C(=O)[C@H]([C@H](O)CC(N)=O)NC(=O)[C@H]([C@H](O)[C@@H](O)c4ccc(O)c(OS(=O)(=O)O)c4)NC(=O)[C@@H]4C[C@@H](O)CN4C(=O)C([C@@H](C)O)NC3=O)ccc2c1. The van der Waals surface area contributed by atoms with Crippen LogP contribution in [0.5, 0.6) is 17.2 Å². The lowest BCUT2D eigenvalue weighted by atomic mass is 9.96. The summed E-state index contributed by atoms with van der Waals surface area (Å²) in [4.78, 5) is 114. The summed E-state index contributed by atoms with van der Waals surface area (Å²) in [7, 11) is -5.34. The van der Waals surface area contributed by atoms with Crippen LogP contribution in [0.1, 0.15) is 87.7 Å². The fourth-order valence-electron chi connectivity index (χ4n) is 9.92. The molecule has 1 unspecified atom stereocenters. The van der Waals surface area contributed by atoms with Gasteiger partial charge in [-0.3, -0.25) is 42.9 Å². The smallest absolute Gasteiger partial charge is 0.446 e. The highest BCUT2D eigenvalue weighted by Crippen LogP contribution is 2.33. The molecule has 3 aromatic rings. The van der Waals surface area contributed by atoms with Crippen LogP contribution in [0.15, 0.2) is 54.6 Å². The fourth-order valence-corrected chi connectivity index (χ4v) is 10.3. The zero-order valence-corrected chi connectivity index (χ0v) is 46.0. The Hall–Kier alpha value is -7.33. The third-order valence-electron chi connectivity index (χ3n) is 14.4. The van der Waals surface area contributed by atoms with E-state index in [0.29, 0.717) is 39.0 Å². The van der Waals surface area contributed by atoms with E-state index in [1.54, 1.807) is 24.3 Å². The number of fused-ring (bicyclic) bond motifs is 3. The molecule has 3 aromatic carbocycles. The Morgan fingerprint density at radius 3 is 2.08 bits per heavy atom. The van der Waals surface area contributed by atoms with Gasteiger partial charge in [0.05, 0.1) is 37.4 Å². The molecule has 31 heteroatoms. The molecule has 83 heavy (non-hydrogen) atoms. The van der Waals surface area contributed by atoms with E-state index in [1.165, 1.54) is 19.1 Å². The third kappa shape index (κ3) is 16.3. The molecule has 456 valence electrons. The quantitative estimate of drug-likeness (QED) is 0.0446. The first kappa shape index (κ1) is 64.8. The Bertz CT molecular complexity index is 3010. The van der Waals surface area contributed by atoms with E-state index in [-0.39, 0.29) is 5.56 Å². The average molecular weight is 1190 g/mol. The van der Waals surface area contributed by atoms with Gasteiger partial charge in [0.1, 0.15) is 60.3 Å². The number of carbonyl (C=O) groups excluding carboxylic acids is 8. The number of primary amides is 1. The third-order valence-corrected chi connectivity index (χ3v) is 14.8. The molecule has 15 atom stereocenters. The van der Waals surface area contributed by atoms with Gasteiger partial charge in [0.25, 0.3) is 5.91 Å². The number of aromatic hydroxyl groups is 1. The number of hydrogen-bond donors (Lipinski definition) is 16. The van der Waals surface area contributed by atoms with Crippen LogP contribution in [0.25, 0.3) is 10.8 Å². The Morgan fingerprint density at radius 2 is 1.42 bits per heavy atom. The Morgan fingerprint density at radius 1 is 0.771 bits per heavy atom. The number of hydrogen-bond acceptors (Lipinski definition) is 21. The molecule has 3 heterocycles. The van der Waals surface area contributed by atoms with Crippen LogP contribution < -0.4 is 41.2 Å². The van der Waals surface area contributed by atoms with Crippen molar-refractivity contribution < 1.29 is 106 Å². The highest BCUT2D eigenvalue weighted by Gasteiger charge is 2.51. The van der Waals surface area contributed by atoms with E-state index in [0.717, 1.165) is 44.7 Å². The van der Waals surface area contributed by atoms with Gasteiger partial charge in [0.2, 0.25) is 41.4 Å². The molecule has 17 N–H and O–H groups in total. The molecule has 3 aliphatic heterocycles. The van der Waals surface area contributed by atoms with Gasteiger partial charge in [-0.1, -0.05) is 51.3 Å². The van der Waals surface area contributed by atoms with Crippen molar-refractivity contribution in [2.45, 2.75) is 151 Å². The minimum atomic E-state index is -5.34. The van der Waals surface area contributed by atoms with E-state index in [9.17, 15) is 97.3 Å². The molecular weight excluding hydrogens is 1120 g/mol. The Labute approximate surface area is 474 Å². The van der Waals surface area contributed by atoms with Crippen LogP contribution in [-0.2, 0) is 44.0 Å². The molecular formula is C52H70N8O22S. The first-order valence-corrected chi connectivity index (χ1v) is 27.9. The lowest BCUT2D eigenvalue weighted by molar-refractivity contribution is -0.149. The van der Waals surface area contributed by atoms with Crippen LogP contribution in [0.4, 0.5) is 0 Å². The van der Waals surface area contributed by atoms with Gasteiger partial charge in [-0.05, 0) is 66.1 Å². The van der Waals surface area contributed by atoms with Crippen molar-refractivity contribution in [3.63, 3.8) is 0 Å². The van der Waals surface area contributed by atoms with Crippen LogP contribution in [0.2, 0.25) is 0 Å². The van der Waals surface area contributed by atoms with E-state index in [2.05, 4.69) is 27.1 Å². The molecule has 0 bridgehead atoms. The van der Waals surface area contributed by atoms with Crippen molar-refractivity contribution in [1.82, 2.24) is 36.4 Å². The second kappa shape index (κ2) is 27.8. The molecule has 0 spiro atoms. The average Bonchev–Trinajstić information content (AvgIpc) is 3.66. The predicted molar refractivity (Wildman–Crippen MR) is 285 cm³/mol. The van der Waals surface area contributed by atoms with Gasteiger partial charge in [-0.15, -0.1) is 0 Å². The molecule has 3 aliphatic rings. The van der Waals surface area contributed by atoms with Gasteiger partial charge in [0.15, 0.2) is 17.7 Å². The standard InChI is InChI=1S/C52H70N8O22S/c1-4-5-6-7-14-81-30-12-10-25-15-28(9-8-26(25)16-30)45(70)54-31-19-35(65)48(73)58-50(75)41-42(67)23(2)21-60(41)52(77)39(34(64)20-37(53)66)56-49(74)40(44(69)43(68)27-11-13-33(63)36(17-27)82-83(78,79)80)57-47(72)32-18-29(62)22-59(32)51(76)38(24(3)61)55-46(31)71/h8-13,15-17,23-24,29,31-32,34-35,38-44,48,61-65,67-69,73H,4-7,14,18-22H2,1-3H3,(H2,53,66)(H,54,70)(H,55,71)(H,56,74)(H,57,72)(H,58,75)(H,78,79,80)/t23-,24+,29+,31+,32-,34+,35+,38?,39-,40-,41-,42-,43-,44-,48+/m0/s1. The number of nitrogens with two attached hydrogens (primary N) is 1. The van der Waals surface area contributed by atoms with Crippen molar-refractivity contribution >= 4 is 68.4 Å². The Balaban J connectivity index is 1.41. The molecule has 0 aromatic heterocycles. The number of benzene rings is 3. The maximum atomic E-state index is 14.6. The second-order valence-corrected chi connectivity index (χ2v) is 21.8. The predicted octanol–water partition coefficient (Wildman–Crippen LogP) is -4.68. The zero-order valence-electron chi connectivity index (χ0n) is 45.2. The summed E-state index contributed by atoms with van der Waals surface area (Å²) in [5, 5.41) is 113. The molecule has 8 amide bonds. The summed E-state index contributed by atoms with van der Waals surface area (Å²) in [6.45, 7) is 3.69. The van der Waals surface area contributed by atoms with Crippen LogP contribution in [-0.4, -0.2) is 215 Å². The number of phenols is 1. The first-order valence-electron chi connectivity index (χ1n) is 26.5. The van der Waals surface area contributed by atoms with Crippen LogP contribution >= 0.6 is 0 Å². The van der Waals surface area contributed by atoms with Crippen molar-refractivity contribution in [3.05, 3.63) is 65.7 Å².